The van der Waals surface area contributed by atoms with Gasteiger partial charge in [-0.25, -0.2) is 0 Å². The quantitative estimate of drug-likeness (QED) is 0.116. The van der Waals surface area contributed by atoms with E-state index >= 15 is 0 Å². The van der Waals surface area contributed by atoms with Crippen molar-refractivity contribution in [3.63, 3.8) is 0 Å². The van der Waals surface area contributed by atoms with Crippen molar-refractivity contribution in [2.24, 2.45) is 50.2 Å². The van der Waals surface area contributed by atoms with Gasteiger partial charge in [-0.05, 0) is 137 Å². The second-order valence-electron chi connectivity index (χ2n) is 24.6. The van der Waals surface area contributed by atoms with E-state index in [1.807, 2.05) is 0 Å². The molecule has 3 aliphatic heterocycles. The van der Waals surface area contributed by atoms with E-state index < -0.39 is 110 Å². The van der Waals surface area contributed by atoms with Gasteiger partial charge in [0.2, 0.25) is 5.91 Å². The summed E-state index contributed by atoms with van der Waals surface area (Å²) in [7, 11) is 0. The van der Waals surface area contributed by atoms with E-state index in [0.29, 0.717) is 18.2 Å². The highest BCUT2D eigenvalue weighted by atomic mass is 16.8. The van der Waals surface area contributed by atoms with Crippen LogP contribution in [-0.4, -0.2) is 170 Å². The van der Waals surface area contributed by atoms with E-state index in [0.717, 1.165) is 70.9 Å². The molecule has 8 N–H and O–H groups in total. The summed E-state index contributed by atoms with van der Waals surface area (Å²) in [5.74, 6) is 1.17. The minimum Gasteiger partial charge on any atom is -0.394 e. The number of carbonyl (C=O) groups is 1. The highest BCUT2D eigenvalue weighted by Crippen LogP contribution is 2.76. The van der Waals surface area contributed by atoms with Crippen molar-refractivity contribution in [2.75, 3.05) is 19.7 Å². The molecular weight excluding hydrogens is 879 g/mol. The number of rotatable bonds is 10. The number of carbonyl (C=O) groups excluding carboxylic acids is 1. The summed E-state index contributed by atoms with van der Waals surface area (Å²) in [6, 6.07) is 0. The molecule has 8 rings (SSSR count). The molecule has 0 aromatic rings. The number of hydrogen-bond acceptors (Lipinski definition) is 15. The van der Waals surface area contributed by atoms with Gasteiger partial charge in [-0.15, -0.1) is 0 Å². The molecule has 0 aromatic heterocycles. The van der Waals surface area contributed by atoms with Gasteiger partial charge < -0.3 is 74.2 Å². The monoisotopic (exact) mass is 966 g/mol. The maximum Gasteiger partial charge on any atom is 0.229 e. The molecule has 4 saturated carbocycles. The minimum atomic E-state index is -1.73. The molecule has 3 saturated heterocycles. The van der Waals surface area contributed by atoms with Crippen LogP contribution in [0.1, 0.15) is 140 Å². The standard InChI is InChI=1S/C52H87NO15/c1-12-53(13-2)46(62)52-22-20-47(5,6)24-29(52)28-14-15-32-49(9)18-17-33(48(7,8)31(49)16-19-51(32,11)50(28,10)21-23-52)66-45-42(68-44-39(60)37(58)35(56)27(4)64-44)40(61)41(30(25-54)65-45)67-43-38(59)36(57)34(55)26(3)63-43/h14,26-27,29-45,54-61H,12-13,15-25H2,1-11H3/t26-,27-,29-,30+,31-,32+,33-,34-,35-,36+,37+,38+,39+,40-,41+,42+,43-,44-,45-,49-,50+,51+,52-/m0/s1. The van der Waals surface area contributed by atoms with Gasteiger partial charge in [0.1, 0.15) is 61.0 Å². The molecule has 1 amide bonds. The van der Waals surface area contributed by atoms with E-state index in [-0.39, 0.29) is 38.9 Å². The van der Waals surface area contributed by atoms with Crippen LogP contribution in [0.25, 0.3) is 0 Å². The summed E-state index contributed by atoms with van der Waals surface area (Å²) < 4.78 is 37.4. The van der Waals surface area contributed by atoms with E-state index in [2.05, 4.69) is 73.3 Å². The molecule has 8 aliphatic rings. The molecule has 68 heavy (non-hydrogen) atoms. The fraction of sp³-hybridized carbons (Fsp3) is 0.942. The van der Waals surface area contributed by atoms with Gasteiger partial charge in [0, 0.05) is 13.1 Å². The summed E-state index contributed by atoms with van der Waals surface area (Å²) in [4.78, 5) is 16.8. The second-order valence-corrected chi connectivity index (χ2v) is 24.6. The van der Waals surface area contributed by atoms with Crippen LogP contribution < -0.4 is 0 Å². The molecule has 0 spiro atoms. The summed E-state index contributed by atoms with van der Waals surface area (Å²) in [5.41, 5.74) is 0.744. The smallest absolute Gasteiger partial charge is 0.229 e. The lowest BCUT2D eigenvalue weighted by molar-refractivity contribution is -0.393. The lowest BCUT2D eigenvalue weighted by Gasteiger charge is -2.71. The van der Waals surface area contributed by atoms with Gasteiger partial charge in [-0.2, -0.15) is 0 Å². The highest BCUT2D eigenvalue weighted by Gasteiger charge is 2.70. The molecular formula is C52H87NO15. The Balaban J connectivity index is 1.07. The Kier molecular flexibility index (Phi) is 14.7. The van der Waals surface area contributed by atoms with Crippen LogP contribution in [0.4, 0.5) is 0 Å². The number of allylic oxidation sites excluding steroid dienone is 2. The van der Waals surface area contributed by atoms with Crippen molar-refractivity contribution < 1.29 is 74.1 Å². The zero-order valence-corrected chi connectivity index (χ0v) is 42.6. The fourth-order valence-electron chi connectivity index (χ4n) is 15.9. The Morgan fingerprint density at radius 3 is 1.81 bits per heavy atom. The molecule has 0 unspecified atom stereocenters. The van der Waals surface area contributed by atoms with Gasteiger partial charge in [-0.3, -0.25) is 4.79 Å². The normalized spacial score (nSPS) is 52.1. The first-order valence-electron chi connectivity index (χ1n) is 26.1. The first-order valence-corrected chi connectivity index (χ1v) is 26.1. The Labute approximate surface area is 404 Å². The summed E-state index contributed by atoms with van der Waals surface area (Å²) >= 11 is 0. The number of ether oxygens (including phenoxy) is 6. The highest BCUT2D eigenvalue weighted by molar-refractivity contribution is 5.84. The Bertz CT molecular complexity index is 1850. The number of nitrogens with zero attached hydrogens (tertiary/aromatic N) is 1. The SMILES string of the molecule is CCN(CC)C(=O)[C@]12CCC(C)(C)C[C@H]1C1=CC[C@@H]3[C@@]4(C)CC[C@H](O[C@@H]5O[C@H](CO)[C@@H](O[C@@H]6O[C@@H](C)[C@H](O)[C@@H](O)[C@H]6O)[C@H](O)[C@H]5O[C@@H]5O[C@@H](C)[C@H](O)[C@@H](O)[C@H]5O)C(C)(C)[C@@H]4CC[C@@]3(C)[C@]1(C)CC2. The van der Waals surface area contributed by atoms with Crippen LogP contribution in [0, 0.1) is 50.2 Å². The van der Waals surface area contributed by atoms with Gasteiger partial charge in [-0.1, -0.05) is 60.1 Å². The molecule has 16 nitrogen and oxygen atoms in total. The first-order chi connectivity index (χ1) is 31.8. The van der Waals surface area contributed by atoms with Gasteiger partial charge in [0.05, 0.1) is 30.3 Å². The molecule has 3 heterocycles. The Morgan fingerprint density at radius 2 is 1.24 bits per heavy atom. The second kappa shape index (κ2) is 18.9. The number of aliphatic hydroxyl groups excluding tert-OH is 8. The lowest BCUT2D eigenvalue weighted by atomic mass is 9.33. The number of aliphatic hydroxyl groups is 8. The summed E-state index contributed by atoms with van der Waals surface area (Å²) in [5, 5.41) is 87.0. The molecule has 16 heteroatoms. The van der Waals surface area contributed by atoms with Crippen molar-refractivity contribution in [1.29, 1.82) is 0 Å². The van der Waals surface area contributed by atoms with Crippen molar-refractivity contribution in [3.05, 3.63) is 11.6 Å². The Hall–Kier alpha value is -1.35. The molecule has 7 fully saturated rings. The van der Waals surface area contributed by atoms with E-state index in [1.165, 1.54) is 19.4 Å². The molecule has 390 valence electrons. The van der Waals surface area contributed by atoms with Crippen LogP contribution in [-0.2, 0) is 33.2 Å². The minimum absolute atomic E-state index is 0.00531. The van der Waals surface area contributed by atoms with Gasteiger partial charge in [0.25, 0.3) is 0 Å². The third-order valence-electron chi connectivity index (χ3n) is 20.3. The molecule has 5 aliphatic carbocycles. The van der Waals surface area contributed by atoms with Gasteiger partial charge in [0.15, 0.2) is 18.9 Å². The average molecular weight is 966 g/mol. The largest absolute Gasteiger partial charge is 0.394 e. The van der Waals surface area contributed by atoms with Crippen molar-refractivity contribution in [1.82, 2.24) is 4.90 Å². The predicted molar refractivity (Wildman–Crippen MR) is 248 cm³/mol. The third-order valence-corrected chi connectivity index (χ3v) is 20.3. The number of amides is 1. The predicted octanol–water partition coefficient (Wildman–Crippen LogP) is 3.55. The fourth-order valence-corrected chi connectivity index (χ4v) is 15.9. The molecule has 0 aromatic carbocycles. The zero-order chi connectivity index (χ0) is 49.8. The first kappa shape index (κ1) is 53.0. The number of fused-ring (bicyclic) bond motifs is 7. The maximum absolute atomic E-state index is 14.7. The molecule has 23 atom stereocenters. The lowest BCUT2D eigenvalue weighted by Crippen LogP contribution is -2.68. The number of hydrogen-bond donors (Lipinski definition) is 8. The van der Waals surface area contributed by atoms with E-state index in [9.17, 15) is 45.6 Å². The average Bonchev–Trinajstić information content (AvgIpc) is 3.28. The van der Waals surface area contributed by atoms with Crippen LogP contribution in [0.5, 0.6) is 0 Å². The van der Waals surface area contributed by atoms with Crippen molar-refractivity contribution in [2.45, 2.75) is 239 Å². The molecule has 0 radical (unpaired) electrons. The molecule has 0 bridgehead atoms. The van der Waals surface area contributed by atoms with Crippen LogP contribution in [0.2, 0.25) is 0 Å². The topological polar surface area (TPSA) is 238 Å². The van der Waals surface area contributed by atoms with Crippen molar-refractivity contribution in [3.8, 4) is 0 Å². The zero-order valence-electron chi connectivity index (χ0n) is 42.6. The van der Waals surface area contributed by atoms with Gasteiger partial charge >= 0.3 is 0 Å². The van der Waals surface area contributed by atoms with E-state index in [1.54, 1.807) is 0 Å². The van der Waals surface area contributed by atoms with E-state index in [4.69, 9.17) is 28.4 Å². The summed E-state index contributed by atoms with van der Waals surface area (Å²) in [6.45, 7) is 24.8. The van der Waals surface area contributed by atoms with Crippen LogP contribution in [0.3, 0.4) is 0 Å². The third kappa shape index (κ3) is 8.30. The summed E-state index contributed by atoms with van der Waals surface area (Å²) in [6.07, 6.45) is -10.2. The van der Waals surface area contributed by atoms with Crippen molar-refractivity contribution >= 4 is 5.91 Å². The Morgan fingerprint density at radius 1 is 0.662 bits per heavy atom. The van der Waals surface area contributed by atoms with Crippen LogP contribution >= 0.6 is 0 Å². The maximum atomic E-state index is 14.7. The van der Waals surface area contributed by atoms with Crippen LogP contribution in [0.15, 0.2) is 11.6 Å².